The zero-order valence-corrected chi connectivity index (χ0v) is 10.9. The standard InChI is InChI=1S/C10H20N2O.C2H6/c1-11(2)7-10-8-12(3)6-9(10)4-5-13-10;1-2/h9H,4-8H2,1-3H3;1-2H3. The average molecular weight is 214 g/mol. The molecule has 2 aliphatic rings. The van der Waals surface area contributed by atoms with Crippen LogP contribution in [0.2, 0.25) is 0 Å². The van der Waals surface area contributed by atoms with Crippen molar-refractivity contribution in [1.82, 2.24) is 9.80 Å². The summed E-state index contributed by atoms with van der Waals surface area (Å²) in [7, 11) is 6.46. The minimum absolute atomic E-state index is 0.151. The van der Waals surface area contributed by atoms with Gasteiger partial charge in [0, 0.05) is 32.2 Å². The lowest BCUT2D eigenvalue weighted by Crippen LogP contribution is -2.45. The van der Waals surface area contributed by atoms with E-state index in [9.17, 15) is 0 Å². The number of likely N-dealkylation sites (N-methyl/N-ethyl adjacent to an activating group) is 2. The number of likely N-dealkylation sites (tertiary alicyclic amines) is 1. The highest BCUT2D eigenvalue weighted by molar-refractivity contribution is 5.02. The van der Waals surface area contributed by atoms with E-state index in [1.54, 1.807) is 0 Å². The second-order valence-electron chi connectivity index (χ2n) is 4.83. The first-order valence-corrected chi connectivity index (χ1v) is 6.10. The summed E-state index contributed by atoms with van der Waals surface area (Å²) in [5, 5.41) is 0. The minimum atomic E-state index is 0.151. The molecule has 2 rings (SSSR count). The van der Waals surface area contributed by atoms with E-state index in [0.717, 1.165) is 25.6 Å². The monoisotopic (exact) mass is 214 g/mol. The van der Waals surface area contributed by atoms with Crippen LogP contribution in [0.15, 0.2) is 0 Å². The van der Waals surface area contributed by atoms with Gasteiger partial charge in [-0.3, -0.25) is 0 Å². The number of hydrogen-bond acceptors (Lipinski definition) is 3. The molecule has 0 aliphatic carbocycles. The van der Waals surface area contributed by atoms with E-state index < -0.39 is 0 Å². The molecule has 90 valence electrons. The Morgan fingerprint density at radius 2 is 2.07 bits per heavy atom. The molecule has 0 saturated carbocycles. The lowest BCUT2D eigenvalue weighted by molar-refractivity contribution is -0.0214. The fourth-order valence-electron chi connectivity index (χ4n) is 2.88. The summed E-state index contributed by atoms with van der Waals surface area (Å²) in [4.78, 5) is 4.64. The molecule has 0 aromatic heterocycles. The lowest BCUT2D eigenvalue weighted by atomic mass is 9.90. The lowest BCUT2D eigenvalue weighted by Gasteiger charge is -2.31. The molecule has 2 aliphatic heterocycles. The van der Waals surface area contributed by atoms with Crippen LogP contribution in [0.1, 0.15) is 20.3 Å². The molecule has 2 unspecified atom stereocenters. The molecule has 2 saturated heterocycles. The van der Waals surface area contributed by atoms with Crippen LogP contribution >= 0.6 is 0 Å². The van der Waals surface area contributed by atoms with Gasteiger partial charge in [-0.1, -0.05) is 13.8 Å². The van der Waals surface area contributed by atoms with Gasteiger partial charge in [0.2, 0.25) is 0 Å². The van der Waals surface area contributed by atoms with Gasteiger partial charge in [0.15, 0.2) is 0 Å². The van der Waals surface area contributed by atoms with Gasteiger partial charge in [0.1, 0.15) is 0 Å². The molecule has 2 fully saturated rings. The number of nitrogens with zero attached hydrogens (tertiary/aromatic N) is 2. The first kappa shape index (κ1) is 12.9. The topological polar surface area (TPSA) is 15.7 Å². The average Bonchev–Trinajstić information content (AvgIpc) is 2.62. The summed E-state index contributed by atoms with van der Waals surface area (Å²) < 4.78 is 5.96. The maximum Gasteiger partial charge on any atom is 0.0975 e. The molecule has 0 amide bonds. The molecular formula is C12H26N2O. The highest BCUT2D eigenvalue weighted by Crippen LogP contribution is 2.38. The Balaban J connectivity index is 0.000000531. The normalized spacial score (nSPS) is 35.2. The van der Waals surface area contributed by atoms with Gasteiger partial charge < -0.3 is 14.5 Å². The maximum atomic E-state index is 5.96. The summed E-state index contributed by atoms with van der Waals surface area (Å²) in [5.41, 5.74) is 0.151. The molecule has 3 nitrogen and oxygen atoms in total. The summed E-state index contributed by atoms with van der Waals surface area (Å²) in [6, 6.07) is 0. The third kappa shape index (κ3) is 2.71. The van der Waals surface area contributed by atoms with Crippen molar-refractivity contribution in [3.05, 3.63) is 0 Å². The molecule has 3 heteroatoms. The predicted molar refractivity (Wildman–Crippen MR) is 64.2 cm³/mol. The van der Waals surface area contributed by atoms with Crippen LogP contribution in [-0.2, 0) is 4.74 Å². The highest BCUT2D eigenvalue weighted by atomic mass is 16.5. The number of hydrogen-bond donors (Lipinski definition) is 0. The van der Waals surface area contributed by atoms with Crippen LogP contribution in [0.25, 0.3) is 0 Å². The number of ether oxygens (including phenoxy) is 1. The molecular weight excluding hydrogens is 188 g/mol. The first-order valence-electron chi connectivity index (χ1n) is 6.10. The summed E-state index contributed by atoms with van der Waals surface area (Å²) >= 11 is 0. The zero-order valence-electron chi connectivity index (χ0n) is 10.9. The van der Waals surface area contributed by atoms with E-state index in [1.165, 1.54) is 13.0 Å². The van der Waals surface area contributed by atoms with E-state index in [0.29, 0.717) is 0 Å². The first-order chi connectivity index (χ1) is 7.12. The van der Waals surface area contributed by atoms with Crippen molar-refractivity contribution in [3.63, 3.8) is 0 Å². The molecule has 0 spiro atoms. The van der Waals surface area contributed by atoms with Crippen LogP contribution in [0.5, 0.6) is 0 Å². The largest absolute Gasteiger partial charge is 0.372 e. The van der Waals surface area contributed by atoms with Crippen LogP contribution in [0.3, 0.4) is 0 Å². The quantitative estimate of drug-likeness (QED) is 0.689. The van der Waals surface area contributed by atoms with Crippen molar-refractivity contribution >= 4 is 0 Å². The Bertz CT molecular complexity index is 196. The molecule has 0 bridgehead atoms. The van der Waals surface area contributed by atoms with E-state index in [2.05, 4.69) is 30.9 Å². The third-order valence-electron chi connectivity index (χ3n) is 3.25. The van der Waals surface area contributed by atoms with Gasteiger partial charge in [0.25, 0.3) is 0 Å². The highest BCUT2D eigenvalue weighted by Gasteiger charge is 2.49. The zero-order chi connectivity index (χ0) is 11.5. The van der Waals surface area contributed by atoms with Crippen molar-refractivity contribution in [2.75, 3.05) is 47.4 Å². The predicted octanol–water partition coefficient (Wildman–Crippen LogP) is 1.29. The molecule has 0 aromatic carbocycles. The molecule has 2 heterocycles. The summed E-state index contributed by atoms with van der Waals surface area (Å²) in [6.07, 6.45) is 1.25. The van der Waals surface area contributed by atoms with Gasteiger partial charge in [-0.05, 0) is 27.6 Å². The Morgan fingerprint density at radius 1 is 1.40 bits per heavy atom. The molecule has 2 atom stereocenters. The van der Waals surface area contributed by atoms with E-state index in [4.69, 9.17) is 4.74 Å². The van der Waals surface area contributed by atoms with Gasteiger partial charge in [-0.2, -0.15) is 0 Å². The van der Waals surface area contributed by atoms with Crippen LogP contribution in [0.4, 0.5) is 0 Å². The SMILES string of the molecule is CC.CN(C)CC12CN(C)CC1CCO2. The molecule has 15 heavy (non-hydrogen) atoms. The Labute approximate surface area is 94.4 Å². The number of fused-ring (bicyclic) bond motifs is 1. The van der Waals surface area contributed by atoms with Crippen LogP contribution in [0, 0.1) is 5.92 Å². The van der Waals surface area contributed by atoms with Crippen molar-refractivity contribution < 1.29 is 4.74 Å². The van der Waals surface area contributed by atoms with Crippen molar-refractivity contribution in [2.24, 2.45) is 5.92 Å². The smallest absolute Gasteiger partial charge is 0.0975 e. The van der Waals surface area contributed by atoms with E-state index in [-0.39, 0.29) is 5.60 Å². The van der Waals surface area contributed by atoms with Gasteiger partial charge in [0.05, 0.1) is 5.60 Å². The van der Waals surface area contributed by atoms with E-state index >= 15 is 0 Å². The van der Waals surface area contributed by atoms with Crippen molar-refractivity contribution in [2.45, 2.75) is 25.9 Å². The Kier molecular flexibility index (Phi) is 4.56. The van der Waals surface area contributed by atoms with Gasteiger partial charge in [-0.15, -0.1) is 0 Å². The molecule has 0 aromatic rings. The molecule has 0 N–H and O–H groups in total. The number of rotatable bonds is 2. The minimum Gasteiger partial charge on any atom is -0.372 e. The Hall–Kier alpha value is -0.120. The third-order valence-corrected chi connectivity index (χ3v) is 3.25. The Morgan fingerprint density at radius 3 is 2.67 bits per heavy atom. The fraction of sp³-hybridized carbons (Fsp3) is 1.00. The van der Waals surface area contributed by atoms with Crippen LogP contribution < -0.4 is 0 Å². The second kappa shape index (κ2) is 5.28. The maximum absolute atomic E-state index is 5.96. The fourth-order valence-corrected chi connectivity index (χ4v) is 2.88. The van der Waals surface area contributed by atoms with Crippen molar-refractivity contribution in [1.29, 1.82) is 0 Å². The van der Waals surface area contributed by atoms with Gasteiger partial charge >= 0.3 is 0 Å². The van der Waals surface area contributed by atoms with E-state index in [1.807, 2.05) is 13.8 Å². The van der Waals surface area contributed by atoms with Gasteiger partial charge in [-0.25, -0.2) is 0 Å². The summed E-state index contributed by atoms with van der Waals surface area (Å²) in [5.74, 6) is 0.764. The second-order valence-corrected chi connectivity index (χ2v) is 4.83. The molecule has 0 radical (unpaired) electrons. The van der Waals surface area contributed by atoms with Crippen LogP contribution in [-0.4, -0.2) is 62.8 Å². The summed E-state index contributed by atoms with van der Waals surface area (Å²) in [6.45, 7) is 8.36. The van der Waals surface area contributed by atoms with Crippen molar-refractivity contribution in [3.8, 4) is 0 Å².